The summed E-state index contributed by atoms with van der Waals surface area (Å²) >= 11 is 0. The molecule has 0 radical (unpaired) electrons. The third-order valence-electron chi connectivity index (χ3n) is 3.47. The predicted octanol–water partition coefficient (Wildman–Crippen LogP) is 3.42. The Morgan fingerprint density at radius 1 is 1.12 bits per heavy atom. The summed E-state index contributed by atoms with van der Waals surface area (Å²) in [5, 5.41) is 0.812. The molecule has 136 valence electrons. The van der Waals surface area contributed by atoms with Crippen LogP contribution in [0.4, 0.5) is 13.2 Å². The average molecular weight is 376 g/mol. The molecule has 1 atom stereocenters. The van der Waals surface area contributed by atoms with E-state index >= 15 is 0 Å². The van der Waals surface area contributed by atoms with Gasteiger partial charge < -0.3 is 8.92 Å². The van der Waals surface area contributed by atoms with Crippen molar-refractivity contribution in [3.8, 4) is 5.75 Å². The smallest absolute Gasteiger partial charge is 0.468 e. The largest absolute Gasteiger partial charge is 0.534 e. The first kappa shape index (κ1) is 19.0. The molecule has 0 saturated carbocycles. The van der Waals surface area contributed by atoms with E-state index < -0.39 is 21.4 Å². The number of ether oxygens (including phenoxy) is 1. The van der Waals surface area contributed by atoms with Gasteiger partial charge in [0.2, 0.25) is 0 Å². The number of alkyl halides is 3. The number of hydrogen-bond donors (Lipinski definition) is 0. The summed E-state index contributed by atoms with van der Waals surface area (Å²) in [5.74, 6) is -0.423. The van der Waals surface area contributed by atoms with Crippen LogP contribution in [-0.4, -0.2) is 27.0 Å². The Labute approximate surface area is 142 Å². The third kappa shape index (κ3) is 4.41. The first-order chi connectivity index (χ1) is 11.7. The zero-order chi connectivity index (χ0) is 18.7. The molecule has 0 fully saturated rings. The van der Waals surface area contributed by atoms with E-state index in [0.29, 0.717) is 18.3 Å². The molecule has 5 nitrogen and oxygen atoms in total. The van der Waals surface area contributed by atoms with E-state index in [1.807, 2.05) is 6.92 Å². The summed E-state index contributed by atoms with van der Waals surface area (Å²) in [7, 11) is -5.75. The van der Waals surface area contributed by atoms with Crippen molar-refractivity contribution in [1.82, 2.24) is 0 Å². The van der Waals surface area contributed by atoms with Gasteiger partial charge in [-0.15, -0.1) is 0 Å². The lowest BCUT2D eigenvalue weighted by atomic mass is 9.96. The standard InChI is InChI=1S/C16H15F3O5S/c1-11(9-23-10-20)8-12-6-7-15(14-5-3-2-4-13(12)14)24-25(21,22)16(17,18)19/h2-7,10-11H,8-9H2,1H3/t11-/m0/s1. The van der Waals surface area contributed by atoms with Gasteiger partial charge in [-0.25, -0.2) is 0 Å². The average Bonchev–Trinajstić information content (AvgIpc) is 2.54. The molecule has 0 aliphatic rings. The van der Waals surface area contributed by atoms with Gasteiger partial charge in [-0.2, -0.15) is 21.6 Å². The molecule has 0 bridgehead atoms. The number of hydrogen-bond acceptors (Lipinski definition) is 5. The molecular formula is C16H15F3O5S. The van der Waals surface area contributed by atoms with Gasteiger partial charge in [-0.3, -0.25) is 4.79 Å². The Hall–Kier alpha value is -2.29. The van der Waals surface area contributed by atoms with E-state index in [4.69, 9.17) is 4.74 Å². The van der Waals surface area contributed by atoms with E-state index in [-0.39, 0.29) is 17.9 Å². The van der Waals surface area contributed by atoms with E-state index in [0.717, 1.165) is 5.56 Å². The van der Waals surface area contributed by atoms with Gasteiger partial charge in [-0.05, 0) is 29.4 Å². The fourth-order valence-corrected chi connectivity index (χ4v) is 2.86. The molecule has 9 heteroatoms. The van der Waals surface area contributed by atoms with Crippen molar-refractivity contribution in [2.45, 2.75) is 18.9 Å². The summed E-state index contributed by atoms with van der Waals surface area (Å²) in [5.41, 5.74) is -4.73. The van der Waals surface area contributed by atoms with Crippen LogP contribution < -0.4 is 4.18 Å². The molecule has 0 aromatic heterocycles. The van der Waals surface area contributed by atoms with Crippen LogP contribution in [0.2, 0.25) is 0 Å². The summed E-state index contributed by atoms with van der Waals surface area (Å²) in [4.78, 5) is 10.2. The second kappa shape index (κ2) is 7.30. The summed E-state index contributed by atoms with van der Waals surface area (Å²) in [6.45, 7) is 2.38. The van der Waals surface area contributed by atoms with Crippen molar-refractivity contribution in [2.75, 3.05) is 6.61 Å². The molecule has 0 aliphatic heterocycles. The predicted molar refractivity (Wildman–Crippen MR) is 84.4 cm³/mol. The van der Waals surface area contributed by atoms with Crippen molar-refractivity contribution in [2.24, 2.45) is 5.92 Å². The topological polar surface area (TPSA) is 69.7 Å². The molecule has 0 saturated heterocycles. The highest BCUT2D eigenvalue weighted by atomic mass is 32.2. The molecule has 2 rings (SSSR count). The van der Waals surface area contributed by atoms with Crippen LogP contribution >= 0.6 is 0 Å². The fourth-order valence-electron chi connectivity index (χ4n) is 2.39. The Balaban J connectivity index is 2.40. The quantitative estimate of drug-likeness (QED) is 0.421. The Bertz CT molecular complexity index is 862. The number of rotatable bonds is 7. The molecule has 0 aliphatic carbocycles. The van der Waals surface area contributed by atoms with Crippen LogP contribution in [0.25, 0.3) is 10.8 Å². The lowest BCUT2D eigenvalue weighted by Crippen LogP contribution is -2.28. The van der Waals surface area contributed by atoms with Gasteiger partial charge in [-0.1, -0.05) is 37.3 Å². The van der Waals surface area contributed by atoms with E-state index in [2.05, 4.69) is 4.18 Å². The first-order valence-electron chi connectivity index (χ1n) is 7.22. The zero-order valence-electron chi connectivity index (χ0n) is 13.1. The van der Waals surface area contributed by atoms with Crippen LogP contribution in [0.15, 0.2) is 36.4 Å². The van der Waals surface area contributed by atoms with Crippen molar-refractivity contribution in [1.29, 1.82) is 0 Å². The lowest BCUT2D eigenvalue weighted by Gasteiger charge is -2.15. The fraction of sp³-hybridized carbons (Fsp3) is 0.312. The van der Waals surface area contributed by atoms with Gasteiger partial charge >= 0.3 is 15.6 Å². The van der Waals surface area contributed by atoms with E-state index in [9.17, 15) is 26.4 Å². The monoisotopic (exact) mass is 376 g/mol. The minimum absolute atomic E-state index is 0.0284. The second-order valence-corrected chi connectivity index (χ2v) is 7.03. The van der Waals surface area contributed by atoms with E-state index in [1.54, 1.807) is 18.2 Å². The number of carbonyl (C=O) groups excluding carboxylic acids is 1. The zero-order valence-corrected chi connectivity index (χ0v) is 13.9. The van der Waals surface area contributed by atoms with Gasteiger partial charge in [0, 0.05) is 5.39 Å². The van der Waals surface area contributed by atoms with Crippen LogP contribution in [0, 0.1) is 5.92 Å². The molecule has 2 aromatic carbocycles. The normalized spacial score (nSPS) is 13.4. The molecule has 0 spiro atoms. The molecule has 0 unspecified atom stereocenters. The highest BCUT2D eigenvalue weighted by molar-refractivity contribution is 7.88. The van der Waals surface area contributed by atoms with Crippen LogP contribution in [-0.2, 0) is 26.1 Å². The molecular weight excluding hydrogens is 361 g/mol. The molecule has 0 amide bonds. The maximum atomic E-state index is 12.5. The van der Waals surface area contributed by atoms with Crippen molar-refractivity contribution < 1.29 is 35.3 Å². The van der Waals surface area contributed by atoms with E-state index in [1.165, 1.54) is 18.2 Å². The Morgan fingerprint density at radius 2 is 1.76 bits per heavy atom. The maximum Gasteiger partial charge on any atom is 0.534 e. The van der Waals surface area contributed by atoms with Crippen LogP contribution in [0.1, 0.15) is 12.5 Å². The number of halogens is 3. The van der Waals surface area contributed by atoms with Crippen LogP contribution in [0.5, 0.6) is 5.75 Å². The molecule has 2 aromatic rings. The lowest BCUT2D eigenvalue weighted by molar-refractivity contribution is -0.129. The van der Waals surface area contributed by atoms with Crippen LogP contribution in [0.3, 0.4) is 0 Å². The Morgan fingerprint density at radius 3 is 2.36 bits per heavy atom. The van der Waals surface area contributed by atoms with Gasteiger partial charge in [0.05, 0.1) is 6.61 Å². The van der Waals surface area contributed by atoms with Gasteiger partial charge in [0.15, 0.2) is 5.75 Å². The highest BCUT2D eigenvalue weighted by Crippen LogP contribution is 2.34. The minimum Gasteiger partial charge on any atom is -0.468 e. The first-order valence-corrected chi connectivity index (χ1v) is 8.63. The number of carbonyl (C=O) groups is 1. The number of fused-ring (bicyclic) bond motifs is 1. The molecule has 0 heterocycles. The van der Waals surface area contributed by atoms with Crippen molar-refractivity contribution >= 4 is 27.4 Å². The molecule has 0 N–H and O–H groups in total. The highest BCUT2D eigenvalue weighted by Gasteiger charge is 2.48. The SMILES string of the molecule is C[C@H](COC=O)Cc1ccc(OS(=O)(=O)C(F)(F)F)c2ccccc12. The Kier molecular flexibility index (Phi) is 5.56. The maximum absolute atomic E-state index is 12.5. The minimum atomic E-state index is -5.75. The number of benzene rings is 2. The second-order valence-electron chi connectivity index (χ2n) is 5.49. The summed E-state index contributed by atoms with van der Waals surface area (Å²) in [6, 6.07) is 9.07. The van der Waals surface area contributed by atoms with Crippen molar-refractivity contribution in [3.05, 3.63) is 42.0 Å². The summed E-state index contributed by atoms with van der Waals surface area (Å²) < 4.78 is 69.1. The third-order valence-corrected chi connectivity index (χ3v) is 4.44. The molecule has 25 heavy (non-hydrogen) atoms. The van der Waals surface area contributed by atoms with Crippen molar-refractivity contribution in [3.63, 3.8) is 0 Å². The summed E-state index contributed by atoms with van der Waals surface area (Å²) in [6.07, 6.45) is 0.487. The van der Waals surface area contributed by atoms with Gasteiger partial charge in [0.25, 0.3) is 6.47 Å². The van der Waals surface area contributed by atoms with Gasteiger partial charge in [0.1, 0.15) is 0 Å².